The average molecular weight is 362 g/mol. The molecule has 1 aromatic heterocycles. The van der Waals surface area contributed by atoms with Gasteiger partial charge >= 0.3 is 0 Å². The van der Waals surface area contributed by atoms with E-state index in [2.05, 4.69) is 26.7 Å². The third kappa shape index (κ3) is 4.03. The minimum Gasteiger partial charge on any atom is -0.329 e. The van der Waals surface area contributed by atoms with Crippen LogP contribution < -0.4 is 5.32 Å². The molecule has 2 heterocycles. The van der Waals surface area contributed by atoms with E-state index in [0.717, 1.165) is 36.2 Å². The summed E-state index contributed by atoms with van der Waals surface area (Å²) in [5.74, 6) is -0.104. The summed E-state index contributed by atoms with van der Waals surface area (Å²) in [6.07, 6.45) is 5.49. The molecule has 2 aromatic carbocycles. The highest BCUT2D eigenvalue weighted by Crippen LogP contribution is 2.18. The zero-order valence-corrected chi connectivity index (χ0v) is 15.8. The third-order valence-electron chi connectivity index (χ3n) is 5.36. The van der Waals surface area contributed by atoms with E-state index < -0.39 is 0 Å². The number of nitrogens with zero attached hydrogens (tertiary/aromatic N) is 3. The van der Waals surface area contributed by atoms with Gasteiger partial charge in [-0.15, -0.1) is 0 Å². The Morgan fingerprint density at radius 1 is 1.07 bits per heavy atom. The number of benzene rings is 2. The number of fused-ring (bicyclic) bond motifs is 1. The highest BCUT2D eigenvalue weighted by molar-refractivity contribution is 6.05. The Labute approximate surface area is 160 Å². The van der Waals surface area contributed by atoms with E-state index in [9.17, 15) is 4.79 Å². The lowest BCUT2D eigenvalue weighted by molar-refractivity contribution is 0.102. The molecule has 27 heavy (non-hydrogen) atoms. The molecule has 3 aromatic rings. The summed E-state index contributed by atoms with van der Waals surface area (Å²) in [6, 6.07) is 13.7. The number of aryl methyl sites for hydroxylation is 1. The fraction of sp³-hybridized carbons (Fsp3) is 0.364. The molecule has 1 fully saturated rings. The molecule has 5 heteroatoms. The summed E-state index contributed by atoms with van der Waals surface area (Å²) in [5.41, 5.74) is 4.65. The third-order valence-corrected chi connectivity index (χ3v) is 5.36. The molecule has 0 saturated carbocycles. The van der Waals surface area contributed by atoms with Crippen molar-refractivity contribution in [2.24, 2.45) is 0 Å². The molecule has 0 spiro atoms. The fourth-order valence-electron chi connectivity index (χ4n) is 3.67. The predicted octanol–water partition coefficient (Wildman–Crippen LogP) is 3.95. The van der Waals surface area contributed by atoms with Gasteiger partial charge in [-0.3, -0.25) is 4.79 Å². The first-order valence-corrected chi connectivity index (χ1v) is 9.80. The van der Waals surface area contributed by atoms with Gasteiger partial charge in [-0.1, -0.05) is 19.1 Å². The number of amides is 1. The van der Waals surface area contributed by atoms with Crippen molar-refractivity contribution in [3.63, 3.8) is 0 Å². The Bertz CT molecular complexity index is 923. The smallest absolute Gasteiger partial charge is 0.255 e. The van der Waals surface area contributed by atoms with E-state index in [1.54, 1.807) is 0 Å². The number of carbonyl (C=O) groups excluding carboxylic acids is 1. The number of rotatable bonds is 6. The van der Waals surface area contributed by atoms with Gasteiger partial charge in [0.2, 0.25) is 0 Å². The molecule has 4 rings (SSSR count). The van der Waals surface area contributed by atoms with Crippen LogP contribution in [0.5, 0.6) is 0 Å². The predicted molar refractivity (Wildman–Crippen MR) is 109 cm³/mol. The molecule has 0 radical (unpaired) electrons. The Kier molecular flexibility index (Phi) is 5.21. The molecule has 1 amide bonds. The van der Waals surface area contributed by atoms with Crippen LogP contribution >= 0.6 is 0 Å². The van der Waals surface area contributed by atoms with E-state index in [4.69, 9.17) is 0 Å². The molecular formula is C22H26N4O. The van der Waals surface area contributed by atoms with Gasteiger partial charge in [-0.25, -0.2) is 4.98 Å². The fourth-order valence-corrected chi connectivity index (χ4v) is 3.67. The van der Waals surface area contributed by atoms with Crippen LogP contribution in [0.25, 0.3) is 11.0 Å². The van der Waals surface area contributed by atoms with Crippen molar-refractivity contribution in [3.8, 4) is 0 Å². The topological polar surface area (TPSA) is 50.2 Å². The van der Waals surface area contributed by atoms with Gasteiger partial charge in [-0.2, -0.15) is 0 Å². The highest BCUT2D eigenvalue weighted by atomic mass is 16.1. The maximum Gasteiger partial charge on any atom is 0.255 e. The molecule has 1 saturated heterocycles. The summed E-state index contributed by atoms with van der Waals surface area (Å²) in [5, 5.41) is 2.96. The molecule has 1 N–H and O–H groups in total. The van der Waals surface area contributed by atoms with Crippen LogP contribution in [0.15, 0.2) is 48.8 Å². The molecule has 140 valence electrons. The lowest BCUT2D eigenvalue weighted by Gasteiger charge is -2.15. The quantitative estimate of drug-likeness (QED) is 0.722. The van der Waals surface area contributed by atoms with Crippen LogP contribution in [-0.4, -0.2) is 40.0 Å². The normalized spacial score (nSPS) is 14.7. The summed E-state index contributed by atoms with van der Waals surface area (Å²) in [6.45, 7) is 6.52. The van der Waals surface area contributed by atoms with Crippen molar-refractivity contribution < 1.29 is 4.79 Å². The average Bonchev–Trinajstić information content (AvgIpc) is 3.36. The second-order valence-electron chi connectivity index (χ2n) is 7.19. The molecule has 0 unspecified atom stereocenters. The molecular weight excluding hydrogens is 336 g/mol. The number of likely N-dealkylation sites (tertiary alicyclic amines) is 1. The Morgan fingerprint density at radius 3 is 2.59 bits per heavy atom. The number of imidazole rings is 1. The highest BCUT2D eigenvalue weighted by Gasteiger charge is 2.13. The van der Waals surface area contributed by atoms with E-state index >= 15 is 0 Å². The van der Waals surface area contributed by atoms with Crippen molar-refractivity contribution in [2.75, 3.05) is 25.0 Å². The van der Waals surface area contributed by atoms with Crippen LogP contribution in [0.2, 0.25) is 0 Å². The SMILES string of the molecule is CCc1ccc(NC(=O)c2ccc3c(c2)ncn3CCN2CCCC2)cc1. The van der Waals surface area contributed by atoms with Crippen LogP contribution in [0.3, 0.4) is 0 Å². The van der Waals surface area contributed by atoms with Crippen LogP contribution in [-0.2, 0) is 13.0 Å². The van der Waals surface area contributed by atoms with Gasteiger partial charge in [0.15, 0.2) is 0 Å². The molecule has 0 bridgehead atoms. The second-order valence-corrected chi connectivity index (χ2v) is 7.19. The number of hydrogen-bond acceptors (Lipinski definition) is 3. The standard InChI is InChI=1S/C22H26N4O/c1-2-17-5-8-19(9-6-17)24-22(27)18-7-10-21-20(15-18)23-16-26(21)14-13-25-11-3-4-12-25/h5-10,15-16H,2-4,11-14H2,1H3,(H,24,27). The first-order chi connectivity index (χ1) is 13.2. The van der Waals surface area contributed by atoms with E-state index in [0.29, 0.717) is 5.56 Å². The first kappa shape index (κ1) is 17.7. The van der Waals surface area contributed by atoms with Gasteiger partial charge in [0.1, 0.15) is 0 Å². The number of hydrogen-bond donors (Lipinski definition) is 1. The molecule has 0 aliphatic carbocycles. The second kappa shape index (κ2) is 7.92. The van der Waals surface area contributed by atoms with Crippen LogP contribution in [0.1, 0.15) is 35.7 Å². The molecule has 1 aliphatic rings. The van der Waals surface area contributed by atoms with Crippen molar-refractivity contribution in [3.05, 3.63) is 59.9 Å². The van der Waals surface area contributed by atoms with Crippen LogP contribution in [0.4, 0.5) is 5.69 Å². The maximum atomic E-state index is 12.6. The molecule has 0 atom stereocenters. The van der Waals surface area contributed by atoms with E-state index in [1.165, 1.54) is 31.5 Å². The van der Waals surface area contributed by atoms with Crippen molar-refractivity contribution in [1.29, 1.82) is 0 Å². The first-order valence-electron chi connectivity index (χ1n) is 9.80. The van der Waals surface area contributed by atoms with Gasteiger partial charge in [0, 0.05) is 24.3 Å². The summed E-state index contributed by atoms with van der Waals surface area (Å²) < 4.78 is 2.18. The van der Waals surface area contributed by atoms with Gasteiger partial charge in [-0.05, 0) is 68.2 Å². The zero-order chi connectivity index (χ0) is 18.6. The minimum absolute atomic E-state index is 0.104. The number of nitrogens with one attached hydrogen (secondary N) is 1. The Hall–Kier alpha value is -2.66. The summed E-state index contributed by atoms with van der Waals surface area (Å²) >= 11 is 0. The lowest BCUT2D eigenvalue weighted by atomic mass is 10.1. The molecule has 1 aliphatic heterocycles. The van der Waals surface area contributed by atoms with Crippen LogP contribution in [0, 0.1) is 0 Å². The summed E-state index contributed by atoms with van der Waals surface area (Å²) in [4.78, 5) is 19.6. The molecule has 5 nitrogen and oxygen atoms in total. The number of anilines is 1. The van der Waals surface area contributed by atoms with Crippen molar-refractivity contribution in [2.45, 2.75) is 32.7 Å². The van der Waals surface area contributed by atoms with Crippen molar-refractivity contribution >= 4 is 22.6 Å². The maximum absolute atomic E-state index is 12.6. The Morgan fingerprint density at radius 2 is 1.85 bits per heavy atom. The number of carbonyl (C=O) groups is 1. The number of aromatic nitrogens is 2. The van der Waals surface area contributed by atoms with Gasteiger partial charge in [0.25, 0.3) is 5.91 Å². The van der Waals surface area contributed by atoms with Gasteiger partial charge < -0.3 is 14.8 Å². The Balaban J connectivity index is 1.45. The monoisotopic (exact) mass is 362 g/mol. The summed E-state index contributed by atoms with van der Waals surface area (Å²) in [7, 11) is 0. The lowest BCUT2D eigenvalue weighted by Crippen LogP contribution is -2.23. The zero-order valence-electron chi connectivity index (χ0n) is 15.8. The van der Waals surface area contributed by atoms with Gasteiger partial charge in [0.05, 0.1) is 17.4 Å². The van der Waals surface area contributed by atoms with E-state index in [-0.39, 0.29) is 5.91 Å². The largest absolute Gasteiger partial charge is 0.329 e. The van der Waals surface area contributed by atoms with E-state index in [1.807, 2.05) is 48.8 Å². The van der Waals surface area contributed by atoms with Crippen molar-refractivity contribution in [1.82, 2.24) is 14.5 Å². The minimum atomic E-state index is -0.104.